The summed E-state index contributed by atoms with van der Waals surface area (Å²) in [6.45, 7) is 7.01. The van der Waals surface area contributed by atoms with Gasteiger partial charge < -0.3 is 5.32 Å². The van der Waals surface area contributed by atoms with Gasteiger partial charge in [0, 0.05) is 12.7 Å². The zero-order valence-corrected chi connectivity index (χ0v) is 13.2. The predicted molar refractivity (Wildman–Crippen MR) is 89.5 cm³/mol. The smallest absolute Gasteiger partial charge is 0.143 e. The molecule has 0 radical (unpaired) electrons. The molecule has 0 fully saturated rings. The minimum absolute atomic E-state index is 0.254. The van der Waals surface area contributed by atoms with Crippen molar-refractivity contribution in [2.45, 2.75) is 19.9 Å². The Morgan fingerprint density at radius 2 is 1.86 bits per heavy atom. The molecule has 0 bridgehead atoms. The Morgan fingerprint density at radius 3 is 2.50 bits per heavy atom. The Kier molecular flexibility index (Phi) is 5.93. The first-order valence-electron chi connectivity index (χ1n) is 7.68. The van der Waals surface area contributed by atoms with Crippen molar-refractivity contribution in [3.05, 3.63) is 59.8 Å². The number of anilines is 1. The van der Waals surface area contributed by atoms with Crippen molar-refractivity contribution in [2.24, 2.45) is 0 Å². The van der Waals surface area contributed by atoms with Gasteiger partial charge in [-0.25, -0.2) is 4.98 Å². The maximum atomic E-state index is 9.16. The van der Waals surface area contributed by atoms with Crippen LogP contribution in [-0.4, -0.2) is 29.5 Å². The maximum Gasteiger partial charge on any atom is 0.143 e. The van der Waals surface area contributed by atoms with Gasteiger partial charge in [-0.05, 0) is 30.8 Å². The average Bonchev–Trinajstić information content (AvgIpc) is 2.59. The molecule has 1 unspecified atom stereocenters. The highest BCUT2D eigenvalue weighted by molar-refractivity contribution is 5.51. The van der Waals surface area contributed by atoms with Crippen LogP contribution in [0.3, 0.4) is 0 Å². The Labute approximate surface area is 132 Å². The lowest BCUT2D eigenvalue weighted by atomic mass is 10.0. The number of pyridine rings is 1. The van der Waals surface area contributed by atoms with Gasteiger partial charge in [0.2, 0.25) is 0 Å². The molecule has 114 valence electrons. The minimum Gasteiger partial charge on any atom is -0.367 e. The Bertz CT molecular complexity index is 614. The zero-order chi connectivity index (χ0) is 15.8. The highest BCUT2D eigenvalue weighted by atomic mass is 15.2. The van der Waals surface area contributed by atoms with E-state index in [0.717, 1.165) is 19.6 Å². The van der Waals surface area contributed by atoms with Gasteiger partial charge in [-0.3, -0.25) is 4.90 Å². The second-order valence-electron chi connectivity index (χ2n) is 5.04. The second kappa shape index (κ2) is 8.16. The van der Waals surface area contributed by atoms with Crippen molar-refractivity contribution in [3.63, 3.8) is 0 Å². The van der Waals surface area contributed by atoms with E-state index >= 15 is 0 Å². The van der Waals surface area contributed by atoms with Crippen LogP contribution in [-0.2, 0) is 0 Å². The topological polar surface area (TPSA) is 52.0 Å². The molecule has 1 aromatic heterocycles. The van der Waals surface area contributed by atoms with Gasteiger partial charge in [0.15, 0.2) is 0 Å². The largest absolute Gasteiger partial charge is 0.367 e. The van der Waals surface area contributed by atoms with Gasteiger partial charge in [-0.2, -0.15) is 5.26 Å². The van der Waals surface area contributed by atoms with Gasteiger partial charge in [0.1, 0.15) is 11.9 Å². The fourth-order valence-corrected chi connectivity index (χ4v) is 2.63. The SMILES string of the molecule is CCN(CC)C(CNc1ncccc1C#N)c1ccccc1. The summed E-state index contributed by atoms with van der Waals surface area (Å²) in [7, 11) is 0. The standard InChI is InChI=1S/C18H22N4/c1-3-22(4-2)17(15-9-6-5-7-10-15)14-21-18-16(13-19)11-8-12-20-18/h5-12,17H,3-4,14H2,1-2H3,(H,20,21). The van der Waals surface area contributed by atoms with Crippen LogP contribution in [0.4, 0.5) is 5.82 Å². The summed E-state index contributed by atoms with van der Waals surface area (Å²) in [5, 5.41) is 12.5. The monoisotopic (exact) mass is 294 g/mol. The van der Waals surface area contributed by atoms with Crippen LogP contribution in [0.25, 0.3) is 0 Å². The van der Waals surface area contributed by atoms with E-state index in [-0.39, 0.29) is 6.04 Å². The number of nitrogens with zero attached hydrogens (tertiary/aromatic N) is 3. The number of rotatable bonds is 7. The molecule has 1 aromatic carbocycles. The van der Waals surface area contributed by atoms with Crippen LogP contribution in [0.5, 0.6) is 0 Å². The summed E-state index contributed by atoms with van der Waals surface area (Å²) in [5.74, 6) is 0.651. The first kappa shape index (κ1) is 16.0. The zero-order valence-electron chi connectivity index (χ0n) is 13.2. The van der Waals surface area contributed by atoms with E-state index in [1.54, 1.807) is 18.3 Å². The van der Waals surface area contributed by atoms with Gasteiger partial charge in [-0.15, -0.1) is 0 Å². The molecule has 1 atom stereocenters. The van der Waals surface area contributed by atoms with E-state index < -0.39 is 0 Å². The molecule has 2 aromatic rings. The van der Waals surface area contributed by atoms with Crippen LogP contribution in [0.2, 0.25) is 0 Å². The Morgan fingerprint density at radius 1 is 1.14 bits per heavy atom. The lowest BCUT2D eigenvalue weighted by Crippen LogP contribution is -2.33. The van der Waals surface area contributed by atoms with Crippen molar-refractivity contribution in [1.82, 2.24) is 9.88 Å². The molecule has 0 spiro atoms. The summed E-state index contributed by atoms with van der Waals surface area (Å²) >= 11 is 0. The highest BCUT2D eigenvalue weighted by Gasteiger charge is 2.18. The summed E-state index contributed by atoms with van der Waals surface area (Å²) in [6.07, 6.45) is 1.71. The molecule has 0 aliphatic carbocycles. The van der Waals surface area contributed by atoms with Crippen LogP contribution in [0, 0.1) is 11.3 Å². The van der Waals surface area contributed by atoms with Crippen molar-refractivity contribution >= 4 is 5.82 Å². The van der Waals surface area contributed by atoms with E-state index in [9.17, 15) is 0 Å². The molecule has 4 nitrogen and oxygen atoms in total. The molecule has 1 N–H and O–H groups in total. The number of nitrogens with one attached hydrogen (secondary N) is 1. The molecule has 0 saturated heterocycles. The van der Waals surface area contributed by atoms with Crippen LogP contribution in [0.15, 0.2) is 48.7 Å². The molecule has 22 heavy (non-hydrogen) atoms. The summed E-state index contributed by atoms with van der Waals surface area (Å²) in [6, 6.07) is 16.4. The van der Waals surface area contributed by atoms with Gasteiger partial charge >= 0.3 is 0 Å². The lowest BCUT2D eigenvalue weighted by molar-refractivity contribution is 0.228. The quantitative estimate of drug-likeness (QED) is 0.850. The number of benzene rings is 1. The minimum atomic E-state index is 0.254. The second-order valence-corrected chi connectivity index (χ2v) is 5.04. The third-order valence-electron chi connectivity index (χ3n) is 3.83. The first-order valence-corrected chi connectivity index (χ1v) is 7.68. The van der Waals surface area contributed by atoms with Crippen LogP contribution < -0.4 is 5.32 Å². The Hall–Kier alpha value is -2.38. The van der Waals surface area contributed by atoms with Gasteiger partial charge in [0.25, 0.3) is 0 Å². The molecular formula is C18H22N4. The van der Waals surface area contributed by atoms with E-state index in [0.29, 0.717) is 11.4 Å². The normalized spacial score (nSPS) is 11.9. The number of hydrogen-bond donors (Lipinski definition) is 1. The predicted octanol–water partition coefficient (Wildman–Crippen LogP) is 3.45. The fourth-order valence-electron chi connectivity index (χ4n) is 2.63. The number of aromatic nitrogens is 1. The number of likely N-dealkylation sites (N-methyl/N-ethyl adjacent to an activating group) is 1. The molecule has 0 amide bonds. The third kappa shape index (κ3) is 3.84. The Balaban J connectivity index is 2.19. The lowest BCUT2D eigenvalue weighted by Gasteiger charge is -2.30. The molecule has 0 saturated carbocycles. The molecule has 2 rings (SSSR count). The van der Waals surface area contributed by atoms with Crippen molar-refractivity contribution in [1.29, 1.82) is 5.26 Å². The van der Waals surface area contributed by atoms with Crippen molar-refractivity contribution in [3.8, 4) is 6.07 Å². The van der Waals surface area contributed by atoms with E-state index in [2.05, 4.69) is 59.4 Å². The molecular weight excluding hydrogens is 272 g/mol. The van der Waals surface area contributed by atoms with E-state index in [4.69, 9.17) is 5.26 Å². The van der Waals surface area contributed by atoms with Crippen LogP contribution in [0.1, 0.15) is 31.0 Å². The van der Waals surface area contributed by atoms with Crippen molar-refractivity contribution in [2.75, 3.05) is 25.0 Å². The van der Waals surface area contributed by atoms with Crippen LogP contribution >= 0.6 is 0 Å². The first-order chi connectivity index (χ1) is 10.8. The number of hydrogen-bond acceptors (Lipinski definition) is 4. The fraction of sp³-hybridized carbons (Fsp3) is 0.333. The molecule has 0 aliphatic rings. The molecule has 1 heterocycles. The van der Waals surface area contributed by atoms with Crippen molar-refractivity contribution < 1.29 is 0 Å². The maximum absolute atomic E-state index is 9.16. The highest BCUT2D eigenvalue weighted by Crippen LogP contribution is 2.21. The van der Waals surface area contributed by atoms with Gasteiger partial charge in [0.05, 0.1) is 11.6 Å². The molecule has 4 heteroatoms. The number of nitriles is 1. The third-order valence-corrected chi connectivity index (χ3v) is 3.83. The summed E-state index contributed by atoms with van der Waals surface area (Å²) in [4.78, 5) is 6.67. The van der Waals surface area contributed by atoms with E-state index in [1.807, 2.05) is 6.07 Å². The summed E-state index contributed by atoms with van der Waals surface area (Å²) in [5.41, 5.74) is 1.85. The average molecular weight is 294 g/mol. The van der Waals surface area contributed by atoms with E-state index in [1.165, 1.54) is 5.56 Å². The summed E-state index contributed by atoms with van der Waals surface area (Å²) < 4.78 is 0. The molecule has 0 aliphatic heterocycles. The van der Waals surface area contributed by atoms with Gasteiger partial charge in [-0.1, -0.05) is 44.2 Å².